The maximum Gasteiger partial charge on any atom is 0.223 e. The Bertz CT molecular complexity index is 324. The summed E-state index contributed by atoms with van der Waals surface area (Å²) in [5.41, 5.74) is 6.44. The zero-order valence-corrected chi connectivity index (χ0v) is 10.3. The maximum absolute atomic E-state index is 11.5. The molecule has 0 aliphatic heterocycles. The second-order valence-corrected chi connectivity index (χ2v) is 4.33. The van der Waals surface area contributed by atoms with E-state index in [1.165, 1.54) is 0 Å². The van der Waals surface area contributed by atoms with Crippen molar-refractivity contribution in [3.05, 3.63) is 34.3 Å². The lowest BCUT2D eigenvalue weighted by atomic mass is 10.2. The molecule has 0 fully saturated rings. The van der Waals surface area contributed by atoms with Gasteiger partial charge >= 0.3 is 0 Å². The van der Waals surface area contributed by atoms with Crippen LogP contribution in [0.15, 0.2) is 28.7 Å². The Labute approximate surface area is 98.4 Å². The summed E-state index contributed by atoms with van der Waals surface area (Å²) < 4.78 is 1.04. The Morgan fingerprint density at radius 3 is 2.53 bits per heavy atom. The Hall–Kier alpha value is -0.870. The van der Waals surface area contributed by atoms with Crippen LogP contribution in [0.25, 0.3) is 0 Å². The van der Waals surface area contributed by atoms with Crippen molar-refractivity contribution in [2.75, 3.05) is 13.6 Å². The van der Waals surface area contributed by atoms with Crippen molar-refractivity contribution in [3.8, 4) is 0 Å². The van der Waals surface area contributed by atoms with E-state index in [0.717, 1.165) is 10.0 Å². The second-order valence-electron chi connectivity index (χ2n) is 3.41. The minimum Gasteiger partial charge on any atom is -0.341 e. The summed E-state index contributed by atoms with van der Waals surface area (Å²) >= 11 is 3.37. The zero-order chi connectivity index (χ0) is 11.3. The number of carbonyl (C=O) groups excluding carboxylic acids is 1. The first-order chi connectivity index (χ1) is 7.13. The van der Waals surface area contributed by atoms with Gasteiger partial charge in [-0.2, -0.15) is 0 Å². The minimum atomic E-state index is 0.0837. The Balaban J connectivity index is 2.54. The maximum atomic E-state index is 11.5. The monoisotopic (exact) mass is 270 g/mol. The normalized spacial score (nSPS) is 10.1. The molecular formula is C11H15BrN2O. The van der Waals surface area contributed by atoms with E-state index in [1.54, 1.807) is 11.9 Å². The topological polar surface area (TPSA) is 46.3 Å². The first-order valence-electron chi connectivity index (χ1n) is 4.82. The van der Waals surface area contributed by atoms with Gasteiger partial charge in [0.05, 0.1) is 0 Å². The minimum absolute atomic E-state index is 0.0837. The van der Waals surface area contributed by atoms with E-state index in [2.05, 4.69) is 15.9 Å². The fourth-order valence-electron chi connectivity index (χ4n) is 1.27. The molecule has 2 N–H and O–H groups in total. The molecule has 1 rings (SSSR count). The van der Waals surface area contributed by atoms with Crippen LogP contribution in [-0.4, -0.2) is 24.4 Å². The molecule has 15 heavy (non-hydrogen) atoms. The standard InChI is InChI=1S/C11H15BrN2O/c1-14(11(15)6-7-13)8-9-2-4-10(12)5-3-9/h2-5H,6-8,13H2,1H3. The molecule has 0 heterocycles. The predicted molar refractivity (Wildman–Crippen MR) is 64.3 cm³/mol. The third kappa shape index (κ3) is 4.01. The van der Waals surface area contributed by atoms with E-state index in [-0.39, 0.29) is 5.91 Å². The van der Waals surface area contributed by atoms with Gasteiger partial charge in [-0.15, -0.1) is 0 Å². The highest BCUT2D eigenvalue weighted by Gasteiger charge is 2.07. The van der Waals surface area contributed by atoms with Crippen LogP contribution in [0.1, 0.15) is 12.0 Å². The van der Waals surface area contributed by atoms with Gasteiger partial charge in [0.25, 0.3) is 0 Å². The van der Waals surface area contributed by atoms with Crippen LogP contribution in [0.4, 0.5) is 0 Å². The van der Waals surface area contributed by atoms with E-state index in [9.17, 15) is 4.79 Å². The highest BCUT2D eigenvalue weighted by molar-refractivity contribution is 9.10. The van der Waals surface area contributed by atoms with Crippen LogP contribution < -0.4 is 5.73 Å². The molecule has 1 amide bonds. The molecular weight excluding hydrogens is 256 g/mol. The van der Waals surface area contributed by atoms with Crippen LogP contribution in [0.2, 0.25) is 0 Å². The number of amides is 1. The largest absolute Gasteiger partial charge is 0.341 e. The van der Waals surface area contributed by atoms with Gasteiger partial charge in [0, 0.05) is 31.0 Å². The fourth-order valence-corrected chi connectivity index (χ4v) is 1.53. The van der Waals surface area contributed by atoms with Gasteiger partial charge in [0.2, 0.25) is 5.91 Å². The molecule has 0 unspecified atom stereocenters. The summed E-state index contributed by atoms with van der Waals surface area (Å²) in [6.07, 6.45) is 0.410. The molecule has 3 nitrogen and oxygen atoms in total. The number of halogens is 1. The first kappa shape index (κ1) is 12.2. The molecule has 4 heteroatoms. The molecule has 0 saturated carbocycles. The number of hydrogen-bond donors (Lipinski definition) is 1. The fraction of sp³-hybridized carbons (Fsp3) is 0.364. The van der Waals surface area contributed by atoms with Gasteiger partial charge in [-0.25, -0.2) is 0 Å². The third-order valence-corrected chi connectivity index (χ3v) is 2.65. The summed E-state index contributed by atoms with van der Waals surface area (Å²) in [5.74, 6) is 0.0837. The molecule has 0 atom stereocenters. The summed E-state index contributed by atoms with van der Waals surface area (Å²) in [6.45, 7) is 1.04. The van der Waals surface area contributed by atoms with E-state index in [1.807, 2.05) is 24.3 Å². The quantitative estimate of drug-likeness (QED) is 0.907. The highest BCUT2D eigenvalue weighted by atomic mass is 79.9. The van der Waals surface area contributed by atoms with E-state index in [4.69, 9.17) is 5.73 Å². The lowest BCUT2D eigenvalue weighted by Crippen LogP contribution is -2.27. The molecule has 0 radical (unpaired) electrons. The van der Waals surface area contributed by atoms with Gasteiger partial charge in [-0.1, -0.05) is 28.1 Å². The van der Waals surface area contributed by atoms with Gasteiger partial charge in [0.1, 0.15) is 0 Å². The number of carbonyl (C=O) groups is 1. The van der Waals surface area contributed by atoms with Crippen molar-refractivity contribution >= 4 is 21.8 Å². The van der Waals surface area contributed by atoms with Crippen molar-refractivity contribution in [1.29, 1.82) is 0 Å². The first-order valence-corrected chi connectivity index (χ1v) is 5.61. The Morgan fingerprint density at radius 2 is 2.00 bits per heavy atom. The van der Waals surface area contributed by atoms with Crippen molar-refractivity contribution in [3.63, 3.8) is 0 Å². The predicted octanol–water partition coefficient (Wildman–Crippen LogP) is 1.76. The number of hydrogen-bond acceptors (Lipinski definition) is 2. The average molecular weight is 271 g/mol. The van der Waals surface area contributed by atoms with Crippen molar-refractivity contribution in [2.24, 2.45) is 5.73 Å². The molecule has 0 aliphatic carbocycles. The molecule has 1 aromatic rings. The van der Waals surface area contributed by atoms with Crippen LogP contribution in [0.5, 0.6) is 0 Å². The molecule has 0 saturated heterocycles. The summed E-state index contributed by atoms with van der Waals surface area (Å²) in [7, 11) is 1.79. The summed E-state index contributed by atoms with van der Waals surface area (Å²) in [4.78, 5) is 13.1. The number of nitrogens with zero attached hydrogens (tertiary/aromatic N) is 1. The van der Waals surface area contributed by atoms with Crippen LogP contribution >= 0.6 is 15.9 Å². The third-order valence-electron chi connectivity index (χ3n) is 2.12. The van der Waals surface area contributed by atoms with E-state index in [0.29, 0.717) is 19.5 Å². The van der Waals surface area contributed by atoms with Gasteiger partial charge < -0.3 is 10.6 Å². The highest BCUT2D eigenvalue weighted by Crippen LogP contribution is 2.11. The van der Waals surface area contributed by atoms with Crippen LogP contribution in [0.3, 0.4) is 0 Å². The van der Waals surface area contributed by atoms with Crippen molar-refractivity contribution in [1.82, 2.24) is 4.90 Å². The lowest BCUT2D eigenvalue weighted by Gasteiger charge is -2.16. The molecule has 0 bridgehead atoms. The SMILES string of the molecule is CN(Cc1ccc(Br)cc1)C(=O)CCN. The lowest BCUT2D eigenvalue weighted by molar-refractivity contribution is -0.130. The summed E-state index contributed by atoms with van der Waals surface area (Å²) in [6, 6.07) is 7.93. The molecule has 0 spiro atoms. The summed E-state index contributed by atoms with van der Waals surface area (Å²) in [5, 5.41) is 0. The number of benzene rings is 1. The molecule has 0 aromatic heterocycles. The smallest absolute Gasteiger partial charge is 0.223 e. The van der Waals surface area contributed by atoms with Gasteiger partial charge in [-0.3, -0.25) is 4.79 Å². The van der Waals surface area contributed by atoms with Gasteiger partial charge in [0.15, 0.2) is 0 Å². The van der Waals surface area contributed by atoms with Crippen LogP contribution in [0, 0.1) is 0 Å². The number of nitrogens with two attached hydrogens (primary N) is 1. The zero-order valence-electron chi connectivity index (χ0n) is 8.74. The average Bonchev–Trinajstić information content (AvgIpc) is 2.22. The molecule has 1 aromatic carbocycles. The second kappa shape index (κ2) is 5.88. The number of rotatable bonds is 4. The van der Waals surface area contributed by atoms with Crippen molar-refractivity contribution < 1.29 is 4.79 Å². The van der Waals surface area contributed by atoms with Crippen molar-refractivity contribution in [2.45, 2.75) is 13.0 Å². The van der Waals surface area contributed by atoms with Gasteiger partial charge in [-0.05, 0) is 17.7 Å². The van der Waals surface area contributed by atoms with E-state index >= 15 is 0 Å². The molecule has 82 valence electrons. The van der Waals surface area contributed by atoms with E-state index < -0.39 is 0 Å². The molecule has 0 aliphatic rings. The van der Waals surface area contributed by atoms with Crippen LogP contribution in [-0.2, 0) is 11.3 Å². The Morgan fingerprint density at radius 1 is 1.40 bits per heavy atom. The Kier molecular flexibility index (Phi) is 4.78.